The Hall–Kier alpha value is -3.09. The summed E-state index contributed by atoms with van der Waals surface area (Å²) in [5, 5.41) is 23.1. The van der Waals surface area contributed by atoms with Crippen LogP contribution < -0.4 is 10.2 Å². The Morgan fingerprint density at radius 2 is 1.96 bits per heavy atom. The van der Waals surface area contributed by atoms with E-state index in [0.717, 1.165) is 30.4 Å². The largest absolute Gasteiger partial charge is 0.507 e. The number of carbonyl (C=O) groups excluding carboxylic acids is 1. The molecule has 0 aliphatic heterocycles. The molecule has 0 heterocycles. The lowest BCUT2D eigenvalue weighted by Gasteiger charge is -2.19. The van der Waals surface area contributed by atoms with Gasteiger partial charge in [-0.2, -0.15) is 0 Å². The molecule has 7 heteroatoms. The monoisotopic (exact) mass is 329 g/mol. The summed E-state index contributed by atoms with van der Waals surface area (Å²) in [5.41, 5.74) is 0.752. The standard InChI is InChI=1S/C17H19N3O4/c1-19(13-6-3-2-4-7-13)11-5-10-18-17(22)15-12-14(20(23)24)8-9-16(15)21/h2-4,6-9,12,21H,5,10-11H2,1H3,(H,18,22). The molecule has 126 valence electrons. The Bertz CT molecular complexity index is 719. The van der Waals surface area contributed by atoms with Crippen LogP contribution in [0.5, 0.6) is 5.75 Å². The van der Waals surface area contributed by atoms with Crippen LogP contribution in [-0.2, 0) is 0 Å². The zero-order chi connectivity index (χ0) is 17.5. The molecule has 0 saturated carbocycles. The van der Waals surface area contributed by atoms with Gasteiger partial charge < -0.3 is 15.3 Å². The first-order valence-electron chi connectivity index (χ1n) is 7.51. The van der Waals surface area contributed by atoms with E-state index in [1.54, 1.807) is 0 Å². The van der Waals surface area contributed by atoms with Gasteiger partial charge >= 0.3 is 0 Å². The van der Waals surface area contributed by atoms with Crippen molar-refractivity contribution in [1.29, 1.82) is 0 Å². The van der Waals surface area contributed by atoms with Crippen molar-refractivity contribution in [3.63, 3.8) is 0 Å². The van der Waals surface area contributed by atoms with Crippen LogP contribution in [0.4, 0.5) is 11.4 Å². The van der Waals surface area contributed by atoms with E-state index in [2.05, 4.69) is 10.2 Å². The lowest BCUT2D eigenvalue weighted by molar-refractivity contribution is -0.384. The summed E-state index contributed by atoms with van der Waals surface area (Å²) in [6.45, 7) is 1.14. The Balaban J connectivity index is 1.85. The number of anilines is 1. The molecule has 0 aliphatic rings. The number of phenols is 1. The molecule has 0 unspecified atom stereocenters. The van der Waals surface area contributed by atoms with Crippen LogP contribution in [0.1, 0.15) is 16.8 Å². The van der Waals surface area contributed by atoms with E-state index >= 15 is 0 Å². The molecule has 0 atom stereocenters. The first-order chi connectivity index (χ1) is 11.5. The molecule has 7 nitrogen and oxygen atoms in total. The lowest BCUT2D eigenvalue weighted by atomic mass is 10.1. The number of aromatic hydroxyl groups is 1. The van der Waals surface area contributed by atoms with Crippen LogP contribution in [0.25, 0.3) is 0 Å². The number of nitrogens with zero attached hydrogens (tertiary/aromatic N) is 2. The third kappa shape index (κ3) is 4.45. The van der Waals surface area contributed by atoms with Gasteiger partial charge in [-0.1, -0.05) is 18.2 Å². The highest BCUT2D eigenvalue weighted by Crippen LogP contribution is 2.22. The second kappa shape index (κ2) is 7.96. The quantitative estimate of drug-likeness (QED) is 0.462. The summed E-state index contributed by atoms with van der Waals surface area (Å²) in [5.74, 6) is -0.807. The highest BCUT2D eigenvalue weighted by atomic mass is 16.6. The first kappa shape index (κ1) is 17.3. The van der Waals surface area contributed by atoms with Crippen molar-refractivity contribution in [3.05, 3.63) is 64.2 Å². The molecule has 2 aromatic carbocycles. The SMILES string of the molecule is CN(CCCNC(=O)c1cc([N+](=O)[O-])ccc1O)c1ccccc1. The average Bonchev–Trinajstić information content (AvgIpc) is 2.59. The topological polar surface area (TPSA) is 95.7 Å². The van der Waals surface area contributed by atoms with E-state index in [-0.39, 0.29) is 17.0 Å². The van der Waals surface area contributed by atoms with Crippen LogP contribution in [-0.4, -0.2) is 36.1 Å². The number of nitro benzene ring substituents is 1. The molecule has 2 N–H and O–H groups in total. The summed E-state index contributed by atoms with van der Waals surface area (Å²) >= 11 is 0. The van der Waals surface area contributed by atoms with Crippen LogP contribution in [0.2, 0.25) is 0 Å². The van der Waals surface area contributed by atoms with Gasteiger partial charge in [0.15, 0.2) is 0 Å². The van der Waals surface area contributed by atoms with Crippen molar-refractivity contribution < 1.29 is 14.8 Å². The number of nitrogens with one attached hydrogen (secondary N) is 1. The summed E-state index contributed by atoms with van der Waals surface area (Å²) < 4.78 is 0. The molecule has 0 aliphatic carbocycles. The predicted molar refractivity (Wildman–Crippen MR) is 91.4 cm³/mol. The van der Waals surface area contributed by atoms with E-state index in [1.165, 1.54) is 0 Å². The molecule has 0 spiro atoms. The number of rotatable bonds is 7. The fourth-order valence-corrected chi connectivity index (χ4v) is 2.24. The zero-order valence-electron chi connectivity index (χ0n) is 13.3. The molecule has 1 amide bonds. The van der Waals surface area contributed by atoms with Gasteiger partial charge in [-0.15, -0.1) is 0 Å². The minimum Gasteiger partial charge on any atom is -0.507 e. The first-order valence-corrected chi connectivity index (χ1v) is 7.51. The maximum atomic E-state index is 12.0. The number of benzene rings is 2. The minimum atomic E-state index is -0.606. The lowest BCUT2D eigenvalue weighted by Crippen LogP contribution is -2.28. The van der Waals surface area contributed by atoms with Gasteiger partial charge in [-0.3, -0.25) is 14.9 Å². The fourth-order valence-electron chi connectivity index (χ4n) is 2.24. The molecule has 24 heavy (non-hydrogen) atoms. The molecule has 2 rings (SSSR count). The van der Waals surface area contributed by atoms with Crippen molar-refractivity contribution in [2.75, 3.05) is 25.0 Å². The van der Waals surface area contributed by atoms with E-state index in [0.29, 0.717) is 13.0 Å². The fraction of sp³-hybridized carbons (Fsp3) is 0.235. The molecule has 0 bridgehead atoms. The number of carbonyl (C=O) groups is 1. The van der Waals surface area contributed by atoms with Crippen molar-refractivity contribution in [2.45, 2.75) is 6.42 Å². The number of amides is 1. The predicted octanol–water partition coefficient (Wildman–Crippen LogP) is 2.56. The third-order valence-corrected chi connectivity index (χ3v) is 3.59. The molecule has 2 aromatic rings. The summed E-state index contributed by atoms with van der Waals surface area (Å²) in [7, 11) is 1.96. The van der Waals surface area contributed by atoms with Gasteiger partial charge in [0.05, 0.1) is 10.5 Å². The average molecular weight is 329 g/mol. The van der Waals surface area contributed by atoms with Gasteiger partial charge in [-0.05, 0) is 24.6 Å². The Labute approximate surface area is 139 Å². The maximum Gasteiger partial charge on any atom is 0.270 e. The highest BCUT2D eigenvalue weighted by molar-refractivity contribution is 5.97. The Kier molecular flexibility index (Phi) is 5.73. The van der Waals surface area contributed by atoms with Gasteiger partial charge in [0.2, 0.25) is 0 Å². The number of hydrogen-bond acceptors (Lipinski definition) is 5. The molecule has 0 radical (unpaired) electrons. The van der Waals surface area contributed by atoms with Crippen molar-refractivity contribution >= 4 is 17.3 Å². The smallest absolute Gasteiger partial charge is 0.270 e. The van der Waals surface area contributed by atoms with Gasteiger partial charge in [0.1, 0.15) is 5.75 Å². The second-order valence-corrected chi connectivity index (χ2v) is 5.33. The number of hydrogen-bond donors (Lipinski definition) is 2. The van der Waals surface area contributed by atoms with Crippen molar-refractivity contribution in [2.24, 2.45) is 0 Å². The number of phenolic OH excluding ortho intramolecular Hbond substituents is 1. The van der Waals surface area contributed by atoms with Gasteiger partial charge in [0, 0.05) is 38.0 Å². The summed E-state index contributed by atoms with van der Waals surface area (Å²) in [6, 6.07) is 13.2. The van der Waals surface area contributed by atoms with E-state index in [1.807, 2.05) is 37.4 Å². The van der Waals surface area contributed by atoms with Gasteiger partial charge in [-0.25, -0.2) is 0 Å². The molecular formula is C17H19N3O4. The molecule has 0 aromatic heterocycles. The molecule has 0 saturated heterocycles. The number of non-ortho nitro benzene ring substituents is 1. The van der Waals surface area contributed by atoms with Crippen LogP contribution >= 0.6 is 0 Å². The van der Waals surface area contributed by atoms with E-state index < -0.39 is 10.8 Å². The van der Waals surface area contributed by atoms with Crippen LogP contribution in [0.3, 0.4) is 0 Å². The maximum absolute atomic E-state index is 12.0. The van der Waals surface area contributed by atoms with Crippen molar-refractivity contribution in [1.82, 2.24) is 5.32 Å². The number of para-hydroxylation sites is 1. The molecule has 0 fully saturated rings. The zero-order valence-corrected chi connectivity index (χ0v) is 13.3. The van der Waals surface area contributed by atoms with Gasteiger partial charge in [0.25, 0.3) is 11.6 Å². The Morgan fingerprint density at radius 3 is 2.62 bits per heavy atom. The minimum absolute atomic E-state index is 0.0967. The third-order valence-electron chi connectivity index (χ3n) is 3.59. The van der Waals surface area contributed by atoms with Crippen LogP contribution in [0.15, 0.2) is 48.5 Å². The number of nitro groups is 1. The van der Waals surface area contributed by atoms with E-state index in [4.69, 9.17) is 0 Å². The summed E-state index contributed by atoms with van der Waals surface area (Å²) in [6.07, 6.45) is 0.701. The van der Waals surface area contributed by atoms with Crippen LogP contribution in [0, 0.1) is 10.1 Å². The van der Waals surface area contributed by atoms with Crippen molar-refractivity contribution in [3.8, 4) is 5.75 Å². The highest BCUT2D eigenvalue weighted by Gasteiger charge is 2.16. The summed E-state index contributed by atoms with van der Waals surface area (Å²) in [4.78, 5) is 24.3. The second-order valence-electron chi connectivity index (χ2n) is 5.33. The Morgan fingerprint density at radius 1 is 1.25 bits per heavy atom. The normalized spacial score (nSPS) is 10.2. The van der Waals surface area contributed by atoms with E-state index in [9.17, 15) is 20.0 Å². The molecular weight excluding hydrogens is 310 g/mol.